The SMILES string of the molecule is O=C(Cn1cc([N+](=O)[O-])ccc1=O)Nc1ccccc1OCC(F)(F)F. The van der Waals surface area contributed by atoms with Crippen LogP contribution in [0, 0.1) is 10.1 Å². The van der Waals surface area contributed by atoms with Gasteiger partial charge in [0.1, 0.15) is 12.3 Å². The number of hydrogen-bond acceptors (Lipinski definition) is 5. The summed E-state index contributed by atoms with van der Waals surface area (Å²) in [7, 11) is 0. The fourth-order valence-corrected chi connectivity index (χ4v) is 1.95. The first kappa shape index (κ1) is 19.0. The molecule has 0 aliphatic rings. The van der Waals surface area contributed by atoms with Gasteiger partial charge >= 0.3 is 6.18 Å². The molecule has 138 valence electrons. The van der Waals surface area contributed by atoms with E-state index in [2.05, 4.69) is 10.1 Å². The van der Waals surface area contributed by atoms with Crippen LogP contribution < -0.4 is 15.6 Å². The van der Waals surface area contributed by atoms with Crippen LogP contribution in [-0.4, -0.2) is 28.2 Å². The van der Waals surface area contributed by atoms with E-state index in [-0.39, 0.29) is 17.1 Å². The summed E-state index contributed by atoms with van der Waals surface area (Å²) in [6.45, 7) is -2.10. The molecule has 1 amide bonds. The number of aromatic nitrogens is 1. The van der Waals surface area contributed by atoms with E-state index in [1.807, 2.05) is 0 Å². The molecule has 0 fully saturated rings. The topological polar surface area (TPSA) is 103 Å². The normalized spacial score (nSPS) is 11.0. The molecule has 0 aliphatic heterocycles. The number of halogens is 3. The Bertz CT molecular complexity index is 879. The molecule has 1 heterocycles. The minimum absolute atomic E-state index is 0.0276. The maximum Gasteiger partial charge on any atom is 0.422 e. The predicted molar refractivity (Wildman–Crippen MR) is 84.0 cm³/mol. The third-order valence-electron chi connectivity index (χ3n) is 3.05. The average molecular weight is 371 g/mol. The highest BCUT2D eigenvalue weighted by Gasteiger charge is 2.28. The third-order valence-corrected chi connectivity index (χ3v) is 3.05. The molecule has 0 saturated heterocycles. The van der Waals surface area contributed by atoms with Crippen molar-refractivity contribution in [3.8, 4) is 5.75 Å². The van der Waals surface area contributed by atoms with Crippen molar-refractivity contribution in [2.75, 3.05) is 11.9 Å². The molecule has 1 aromatic heterocycles. The number of rotatable bonds is 6. The minimum Gasteiger partial charge on any atom is -0.482 e. The van der Waals surface area contributed by atoms with Gasteiger partial charge < -0.3 is 10.1 Å². The molecule has 2 rings (SSSR count). The van der Waals surface area contributed by atoms with Crippen LogP contribution in [0.4, 0.5) is 24.5 Å². The average Bonchev–Trinajstić information content (AvgIpc) is 2.55. The number of hydrogen-bond donors (Lipinski definition) is 1. The summed E-state index contributed by atoms with van der Waals surface area (Å²) in [6, 6.07) is 7.38. The molecule has 2 aromatic rings. The quantitative estimate of drug-likeness (QED) is 0.620. The predicted octanol–water partition coefficient (Wildman–Crippen LogP) is 2.34. The molecular weight excluding hydrogens is 359 g/mol. The van der Waals surface area contributed by atoms with Gasteiger partial charge in [-0.2, -0.15) is 13.2 Å². The van der Waals surface area contributed by atoms with Crippen LogP contribution in [-0.2, 0) is 11.3 Å². The summed E-state index contributed by atoms with van der Waals surface area (Å²) in [4.78, 5) is 33.7. The largest absolute Gasteiger partial charge is 0.482 e. The number of benzene rings is 1. The molecule has 0 radical (unpaired) electrons. The number of amides is 1. The molecule has 0 aliphatic carbocycles. The molecule has 8 nitrogen and oxygen atoms in total. The number of ether oxygens (including phenoxy) is 1. The number of carbonyl (C=O) groups is 1. The summed E-state index contributed by atoms with van der Waals surface area (Å²) in [6.07, 6.45) is -3.65. The lowest BCUT2D eigenvalue weighted by Gasteiger charge is -2.14. The Hall–Kier alpha value is -3.37. The number of pyridine rings is 1. The van der Waals surface area contributed by atoms with Gasteiger partial charge in [0.15, 0.2) is 6.61 Å². The Balaban J connectivity index is 2.13. The van der Waals surface area contributed by atoms with E-state index in [9.17, 15) is 32.9 Å². The van der Waals surface area contributed by atoms with Gasteiger partial charge in [-0.25, -0.2) is 0 Å². The van der Waals surface area contributed by atoms with Gasteiger partial charge in [0.05, 0.1) is 16.8 Å². The lowest BCUT2D eigenvalue weighted by molar-refractivity contribution is -0.385. The highest BCUT2D eigenvalue weighted by molar-refractivity contribution is 5.92. The molecule has 0 saturated carbocycles. The van der Waals surface area contributed by atoms with Gasteiger partial charge in [-0.05, 0) is 12.1 Å². The van der Waals surface area contributed by atoms with E-state index in [1.165, 1.54) is 24.3 Å². The van der Waals surface area contributed by atoms with E-state index in [1.54, 1.807) is 0 Å². The number of para-hydroxylation sites is 2. The fraction of sp³-hybridized carbons (Fsp3) is 0.200. The van der Waals surface area contributed by atoms with Gasteiger partial charge in [0.2, 0.25) is 5.91 Å². The lowest BCUT2D eigenvalue weighted by Crippen LogP contribution is -2.27. The molecule has 0 unspecified atom stereocenters. The van der Waals surface area contributed by atoms with Crippen LogP contribution in [0.15, 0.2) is 47.4 Å². The molecule has 11 heteroatoms. The maximum atomic E-state index is 12.3. The number of alkyl halides is 3. The van der Waals surface area contributed by atoms with Crippen molar-refractivity contribution in [2.24, 2.45) is 0 Å². The Morgan fingerprint density at radius 2 is 1.92 bits per heavy atom. The van der Waals surface area contributed by atoms with Crippen molar-refractivity contribution in [1.82, 2.24) is 4.57 Å². The first-order valence-electron chi connectivity index (χ1n) is 7.09. The second-order valence-electron chi connectivity index (χ2n) is 5.06. The standard InChI is InChI=1S/C15H12F3N3O5/c16-15(17,18)9-26-12-4-2-1-3-11(12)19-13(22)8-20-7-10(21(24)25)5-6-14(20)23/h1-7H,8-9H2,(H,19,22). The van der Waals surface area contributed by atoms with E-state index in [0.29, 0.717) is 0 Å². The van der Waals surface area contributed by atoms with E-state index >= 15 is 0 Å². The monoisotopic (exact) mass is 371 g/mol. The van der Waals surface area contributed by atoms with Gasteiger partial charge in [-0.1, -0.05) is 12.1 Å². The van der Waals surface area contributed by atoms with Crippen LogP contribution in [0.5, 0.6) is 5.75 Å². The highest BCUT2D eigenvalue weighted by Crippen LogP contribution is 2.26. The zero-order valence-electron chi connectivity index (χ0n) is 13.0. The minimum atomic E-state index is -4.55. The maximum absolute atomic E-state index is 12.3. The number of nitrogens with zero attached hydrogens (tertiary/aromatic N) is 2. The first-order valence-corrected chi connectivity index (χ1v) is 7.09. The Labute approximate surface area is 144 Å². The smallest absolute Gasteiger partial charge is 0.422 e. The van der Waals surface area contributed by atoms with Crippen LogP contribution in [0.1, 0.15) is 0 Å². The molecular formula is C15H12F3N3O5. The summed E-state index contributed by atoms with van der Waals surface area (Å²) < 4.78 is 42.2. The van der Waals surface area contributed by atoms with Gasteiger partial charge in [-0.15, -0.1) is 0 Å². The van der Waals surface area contributed by atoms with Crippen LogP contribution >= 0.6 is 0 Å². The van der Waals surface area contributed by atoms with Gasteiger partial charge in [0, 0.05) is 12.1 Å². The number of nitrogens with one attached hydrogen (secondary N) is 1. The third kappa shape index (κ3) is 5.33. The summed E-state index contributed by atoms with van der Waals surface area (Å²) in [5, 5.41) is 13.0. The van der Waals surface area contributed by atoms with Crippen LogP contribution in [0.25, 0.3) is 0 Å². The van der Waals surface area contributed by atoms with Crippen LogP contribution in [0.2, 0.25) is 0 Å². The van der Waals surface area contributed by atoms with E-state index in [4.69, 9.17) is 0 Å². The first-order chi connectivity index (χ1) is 12.2. The number of anilines is 1. The second kappa shape index (κ2) is 7.68. The molecule has 1 aromatic carbocycles. The van der Waals surface area contributed by atoms with Crippen molar-refractivity contribution in [3.05, 3.63) is 63.1 Å². The van der Waals surface area contributed by atoms with Crippen molar-refractivity contribution in [3.63, 3.8) is 0 Å². The molecule has 0 bridgehead atoms. The van der Waals surface area contributed by atoms with Crippen molar-refractivity contribution in [1.29, 1.82) is 0 Å². The molecule has 1 N–H and O–H groups in total. The second-order valence-corrected chi connectivity index (χ2v) is 5.06. The van der Waals surface area contributed by atoms with Crippen molar-refractivity contribution in [2.45, 2.75) is 12.7 Å². The zero-order chi connectivity index (χ0) is 19.3. The van der Waals surface area contributed by atoms with Crippen molar-refractivity contribution >= 4 is 17.3 Å². The summed E-state index contributed by atoms with van der Waals surface area (Å²) in [5.41, 5.74) is -1.06. The van der Waals surface area contributed by atoms with Crippen molar-refractivity contribution < 1.29 is 27.6 Å². The number of carbonyl (C=O) groups excluding carboxylic acids is 1. The van der Waals surface area contributed by atoms with Gasteiger partial charge in [0.25, 0.3) is 11.2 Å². The highest BCUT2D eigenvalue weighted by atomic mass is 19.4. The lowest BCUT2D eigenvalue weighted by atomic mass is 10.3. The van der Waals surface area contributed by atoms with Gasteiger partial charge in [-0.3, -0.25) is 24.3 Å². The Kier molecular flexibility index (Phi) is 5.60. The fourth-order valence-electron chi connectivity index (χ4n) is 1.95. The molecule has 0 spiro atoms. The van der Waals surface area contributed by atoms with E-state index in [0.717, 1.165) is 22.9 Å². The Morgan fingerprint density at radius 3 is 2.58 bits per heavy atom. The van der Waals surface area contributed by atoms with Crippen LogP contribution in [0.3, 0.4) is 0 Å². The Morgan fingerprint density at radius 1 is 1.23 bits per heavy atom. The summed E-state index contributed by atoms with van der Waals surface area (Å²) >= 11 is 0. The molecule has 26 heavy (non-hydrogen) atoms. The number of nitro groups is 1. The zero-order valence-corrected chi connectivity index (χ0v) is 13.0. The summed E-state index contributed by atoms with van der Waals surface area (Å²) in [5.74, 6) is -0.972. The molecule has 0 atom stereocenters. The van der Waals surface area contributed by atoms with E-state index < -0.39 is 35.7 Å².